The van der Waals surface area contributed by atoms with E-state index in [4.69, 9.17) is 0 Å². The minimum Gasteiger partial charge on any atom is -0.326 e. The van der Waals surface area contributed by atoms with E-state index in [-0.39, 0.29) is 5.56 Å². The van der Waals surface area contributed by atoms with Crippen molar-refractivity contribution in [1.82, 2.24) is 10.3 Å². The molecule has 1 aliphatic carbocycles. The van der Waals surface area contributed by atoms with E-state index in [2.05, 4.69) is 41.5 Å². The Morgan fingerprint density at radius 1 is 1.19 bits per heavy atom. The Labute approximate surface area is 125 Å². The molecule has 2 N–H and O–H groups in total. The van der Waals surface area contributed by atoms with E-state index in [1.54, 1.807) is 6.07 Å². The second-order valence-electron chi connectivity index (χ2n) is 5.70. The fourth-order valence-corrected chi connectivity index (χ4v) is 3.22. The largest absolute Gasteiger partial charge is 0.326 e. The smallest absolute Gasteiger partial charge is 0.248 e. The lowest BCUT2D eigenvalue weighted by Crippen LogP contribution is -2.27. The van der Waals surface area contributed by atoms with E-state index < -0.39 is 0 Å². The summed E-state index contributed by atoms with van der Waals surface area (Å²) in [7, 11) is 0. The van der Waals surface area contributed by atoms with Crippen LogP contribution < -0.4 is 10.9 Å². The Hall–Kier alpha value is -1.87. The van der Waals surface area contributed by atoms with Crippen LogP contribution in [0.5, 0.6) is 0 Å². The van der Waals surface area contributed by atoms with Gasteiger partial charge >= 0.3 is 0 Å². The number of fused-ring (bicyclic) bond motifs is 1. The van der Waals surface area contributed by atoms with Crippen molar-refractivity contribution in [3.63, 3.8) is 0 Å². The first-order chi connectivity index (χ1) is 10.3. The van der Waals surface area contributed by atoms with Gasteiger partial charge in [0.05, 0.1) is 0 Å². The van der Waals surface area contributed by atoms with E-state index >= 15 is 0 Å². The summed E-state index contributed by atoms with van der Waals surface area (Å²) in [4.78, 5) is 14.4. The van der Waals surface area contributed by atoms with Gasteiger partial charge in [-0.1, -0.05) is 37.3 Å². The van der Waals surface area contributed by atoms with Gasteiger partial charge in [-0.3, -0.25) is 4.79 Å². The molecule has 21 heavy (non-hydrogen) atoms. The summed E-state index contributed by atoms with van der Waals surface area (Å²) >= 11 is 0. The van der Waals surface area contributed by atoms with Crippen LogP contribution in [0.3, 0.4) is 0 Å². The molecule has 0 radical (unpaired) electrons. The zero-order valence-corrected chi connectivity index (χ0v) is 12.5. The third kappa shape index (κ3) is 3.08. The Bertz CT molecular complexity index is 675. The number of aryl methyl sites for hydroxylation is 2. The van der Waals surface area contributed by atoms with Crippen LogP contribution in [0.15, 0.2) is 41.2 Å². The summed E-state index contributed by atoms with van der Waals surface area (Å²) in [5.41, 5.74) is 5.15. The quantitative estimate of drug-likeness (QED) is 0.905. The Balaban J connectivity index is 1.76. The topological polar surface area (TPSA) is 44.9 Å². The molecule has 0 saturated heterocycles. The van der Waals surface area contributed by atoms with E-state index in [0.29, 0.717) is 6.04 Å². The molecule has 0 spiro atoms. The van der Waals surface area contributed by atoms with Gasteiger partial charge in [0.2, 0.25) is 5.56 Å². The van der Waals surface area contributed by atoms with Crippen LogP contribution in [0.25, 0.3) is 0 Å². The first-order valence-electron chi connectivity index (χ1n) is 7.80. The molecule has 0 fully saturated rings. The van der Waals surface area contributed by atoms with Crippen molar-refractivity contribution in [3.05, 3.63) is 69.1 Å². The molecule has 1 aromatic heterocycles. The van der Waals surface area contributed by atoms with Crippen LogP contribution in [0.1, 0.15) is 48.2 Å². The molecule has 3 rings (SSSR count). The molecule has 3 nitrogen and oxygen atoms in total. The van der Waals surface area contributed by atoms with Crippen molar-refractivity contribution in [1.29, 1.82) is 0 Å². The molecule has 0 bridgehead atoms. The van der Waals surface area contributed by atoms with Gasteiger partial charge in [-0.15, -0.1) is 0 Å². The maximum absolute atomic E-state index is 11.4. The number of hydrogen-bond donors (Lipinski definition) is 2. The molecular weight excluding hydrogens is 260 g/mol. The molecule has 0 saturated carbocycles. The van der Waals surface area contributed by atoms with E-state index in [0.717, 1.165) is 37.9 Å². The van der Waals surface area contributed by atoms with Crippen LogP contribution in [-0.4, -0.2) is 4.98 Å². The summed E-state index contributed by atoms with van der Waals surface area (Å²) in [5, 5.41) is 3.67. The second-order valence-corrected chi connectivity index (χ2v) is 5.70. The number of pyridine rings is 1. The highest BCUT2D eigenvalue weighted by atomic mass is 16.1. The fourth-order valence-electron chi connectivity index (χ4n) is 3.22. The molecule has 1 heterocycles. The molecule has 1 aliphatic rings. The molecule has 2 aromatic rings. The van der Waals surface area contributed by atoms with Crippen LogP contribution in [0.2, 0.25) is 0 Å². The van der Waals surface area contributed by atoms with Gasteiger partial charge in [0.1, 0.15) is 0 Å². The number of rotatable bonds is 4. The Morgan fingerprint density at radius 3 is 2.81 bits per heavy atom. The lowest BCUT2D eigenvalue weighted by atomic mass is 9.91. The molecule has 1 aromatic carbocycles. The van der Waals surface area contributed by atoms with Crippen molar-refractivity contribution in [2.45, 2.75) is 45.2 Å². The van der Waals surface area contributed by atoms with E-state index in [1.165, 1.54) is 16.7 Å². The summed E-state index contributed by atoms with van der Waals surface area (Å²) in [6.45, 7) is 3.08. The Kier molecular flexibility index (Phi) is 4.20. The van der Waals surface area contributed by atoms with Gasteiger partial charge in [-0.2, -0.15) is 0 Å². The van der Waals surface area contributed by atoms with Crippen molar-refractivity contribution in [2.24, 2.45) is 0 Å². The second kappa shape index (κ2) is 6.27. The number of nitrogens with one attached hydrogen (secondary N) is 2. The van der Waals surface area contributed by atoms with Crippen LogP contribution >= 0.6 is 0 Å². The summed E-state index contributed by atoms with van der Waals surface area (Å²) in [6.07, 6.45) is 4.30. The van der Waals surface area contributed by atoms with Crippen LogP contribution in [-0.2, 0) is 19.4 Å². The van der Waals surface area contributed by atoms with Gasteiger partial charge in [-0.05, 0) is 42.4 Å². The minimum atomic E-state index is 0.00530. The zero-order valence-electron chi connectivity index (χ0n) is 12.5. The van der Waals surface area contributed by atoms with E-state index in [1.807, 2.05) is 6.07 Å². The molecule has 3 heteroatoms. The molecule has 1 unspecified atom stereocenters. The van der Waals surface area contributed by atoms with Gasteiger partial charge in [0, 0.05) is 24.3 Å². The predicted octanol–water partition coefficient (Wildman–Crippen LogP) is 3.10. The number of benzene rings is 1. The van der Waals surface area contributed by atoms with E-state index in [9.17, 15) is 4.79 Å². The first kappa shape index (κ1) is 14.1. The van der Waals surface area contributed by atoms with Gasteiger partial charge in [0.25, 0.3) is 0 Å². The third-order valence-corrected chi connectivity index (χ3v) is 4.37. The third-order valence-electron chi connectivity index (χ3n) is 4.37. The molecular formula is C18H22N2O. The summed E-state index contributed by atoms with van der Waals surface area (Å²) in [5.74, 6) is 0. The highest BCUT2D eigenvalue weighted by Gasteiger charge is 2.20. The van der Waals surface area contributed by atoms with Crippen molar-refractivity contribution in [2.75, 3.05) is 0 Å². The van der Waals surface area contributed by atoms with Gasteiger partial charge < -0.3 is 10.3 Å². The molecule has 1 atom stereocenters. The van der Waals surface area contributed by atoms with Crippen molar-refractivity contribution in [3.8, 4) is 0 Å². The number of hydrogen-bond acceptors (Lipinski definition) is 2. The average molecular weight is 282 g/mol. The summed E-state index contributed by atoms with van der Waals surface area (Å²) < 4.78 is 0. The van der Waals surface area contributed by atoms with Crippen LogP contribution in [0, 0.1) is 0 Å². The highest BCUT2D eigenvalue weighted by Crippen LogP contribution is 2.27. The van der Waals surface area contributed by atoms with Gasteiger partial charge in [0.15, 0.2) is 0 Å². The number of aromatic nitrogens is 1. The number of H-pyrrole nitrogens is 1. The maximum atomic E-state index is 11.4. The standard InChI is InChI=1S/C18H22N2O/c1-2-13-6-3-4-7-14(13)12-19-16-8-5-9-17-15(16)10-11-18(21)20-17/h3-4,6-7,10-11,16,19H,2,5,8-9,12H2,1H3,(H,20,21). The normalized spacial score (nSPS) is 17.5. The predicted molar refractivity (Wildman–Crippen MR) is 85.4 cm³/mol. The summed E-state index contributed by atoms with van der Waals surface area (Å²) in [6, 6.07) is 12.6. The fraction of sp³-hybridized carbons (Fsp3) is 0.389. The molecule has 0 amide bonds. The lowest BCUT2D eigenvalue weighted by Gasteiger charge is -2.26. The SMILES string of the molecule is CCc1ccccc1CNC1CCCc2[nH]c(=O)ccc21. The zero-order chi connectivity index (χ0) is 14.7. The van der Waals surface area contributed by atoms with Crippen molar-refractivity contribution < 1.29 is 0 Å². The average Bonchev–Trinajstić information content (AvgIpc) is 2.52. The number of aromatic amines is 1. The lowest BCUT2D eigenvalue weighted by molar-refractivity contribution is 0.453. The molecule has 110 valence electrons. The molecule has 0 aliphatic heterocycles. The highest BCUT2D eigenvalue weighted by molar-refractivity contribution is 5.29. The minimum absolute atomic E-state index is 0.00530. The Morgan fingerprint density at radius 2 is 2.00 bits per heavy atom. The maximum Gasteiger partial charge on any atom is 0.248 e. The van der Waals surface area contributed by atoms with Gasteiger partial charge in [-0.25, -0.2) is 0 Å². The monoisotopic (exact) mass is 282 g/mol. The first-order valence-corrected chi connectivity index (χ1v) is 7.80. The van der Waals surface area contributed by atoms with Crippen molar-refractivity contribution >= 4 is 0 Å². The van der Waals surface area contributed by atoms with Crippen LogP contribution in [0.4, 0.5) is 0 Å².